The van der Waals surface area contributed by atoms with E-state index in [1.807, 2.05) is 18.2 Å². The van der Waals surface area contributed by atoms with Crippen molar-refractivity contribution in [2.45, 2.75) is 18.9 Å². The van der Waals surface area contributed by atoms with Gasteiger partial charge in [0.1, 0.15) is 5.52 Å². The maximum Gasteiger partial charge on any atom is 0.260 e. The summed E-state index contributed by atoms with van der Waals surface area (Å²) in [7, 11) is 1.59. The SMILES string of the molecule is CN(CC(=O)NC1CC1)C(=O)COc1c(Br)cc(Br)c2cccnc12. The van der Waals surface area contributed by atoms with Crippen LogP contribution in [0.3, 0.4) is 0 Å². The minimum Gasteiger partial charge on any atom is -0.480 e. The zero-order valence-electron chi connectivity index (χ0n) is 13.6. The third-order valence-corrected chi connectivity index (χ3v) is 5.08. The third-order valence-electron chi connectivity index (χ3n) is 3.84. The van der Waals surface area contributed by atoms with Crippen LogP contribution in [0.1, 0.15) is 12.8 Å². The van der Waals surface area contributed by atoms with Crippen molar-refractivity contribution in [2.75, 3.05) is 20.2 Å². The average molecular weight is 471 g/mol. The topological polar surface area (TPSA) is 71.5 Å². The Morgan fingerprint density at radius 1 is 1.36 bits per heavy atom. The first-order chi connectivity index (χ1) is 12.0. The maximum absolute atomic E-state index is 12.2. The van der Waals surface area contributed by atoms with E-state index in [0.29, 0.717) is 15.7 Å². The van der Waals surface area contributed by atoms with Gasteiger partial charge in [-0.15, -0.1) is 0 Å². The van der Waals surface area contributed by atoms with Gasteiger partial charge in [0.05, 0.1) is 11.0 Å². The molecule has 1 heterocycles. The summed E-state index contributed by atoms with van der Waals surface area (Å²) in [6.45, 7) is -0.141. The second-order valence-electron chi connectivity index (χ2n) is 5.95. The van der Waals surface area contributed by atoms with Crippen molar-refractivity contribution in [3.8, 4) is 5.75 Å². The van der Waals surface area contributed by atoms with Crippen LogP contribution in [-0.2, 0) is 9.59 Å². The summed E-state index contributed by atoms with van der Waals surface area (Å²) in [5.41, 5.74) is 0.658. The van der Waals surface area contributed by atoms with Gasteiger partial charge in [-0.2, -0.15) is 0 Å². The third kappa shape index (κ3) is 4.49. The van der Waals surface area contributed by atoms with E-state index < -0.39 is 0 Å². The van der Waals surface area contributed by atoms with Crippen molar-refractivity contribution >= 4 is 54.6 Å². The molecule has 0 aliphatic heterocycles. The molecule has 1 aliphatic rings. The number of rotatable bonds is 6. The number of hydrogen-bond donors (Lipinski definition) is 1. The number of pyridine rings is 1. The summed E-state index contributed by atoms with van der Waals surface area (Å²) in [6, 6.07) is 5.89. The first-order valence-electron chi connectivity index (χ1n) is 7.84. The molecule has 1 aromatic heterocycles. The van der Waals surface area contributed by atoms with Crippen LogP contribution in [0.25, 0.3) is 10.9 Å². The number of fused-ring (bicyclic) bond motifs is 1. The Balaban J connectivity index is 1.65. The van der Waals surface area contributed by atoms with Crippen LogP contribution in [0, 0.1) is 0 Å². The molecule has 2 aromatic rings. The van der Waals surface area contributed by atoms with Gasteiger partial charge < -0.3 is 15.0 Å². The monoisotopic (exact) mass is 469 g/mol. The van der Waals surface area contributed by atoms with E-state index in [1.54, 1.807) is 13.2 Å². The van der Waals surface area contributed by atoms with Crippen LogP contribution in [0.15, 0.2) is 33.3 Å². The number of amides is 2. The van der Waals surface area contributed by atoms with Gasteiger partial charge >= 0.3 is 0 Å². The smallest absolute Gasteiger partial charge is 0.260 e. The highest BCUT2D eigenvalue weighted by Gasteiger charge is 2.24. The first kappa shape index (κ1) is 18.1. The molecule has 25 heavy (non-hydrogen) atoms. The molecule has 0 bridgehead atoms. The normalized spacial score (nSPS) is 13.6. The molecule has 0 radical (unpaired) electrons. The van der Waals surface area contributed by atoms with Gasteiger partial charge in [0.15, 0.2) is 12.4 Å². The Kier molecular flexibility index (Phi) is 5.58. The lowest BCUT2D eigenvalue weighted by Crippen LogP contribution is -2.40. The lowest BCUT2D eigenvalue weighted by atomic mass is 10.2. The van der Waals surface area contributed by atoms with Gasteiger partial charge in [-0.05, 0) is 40.9 Å². The molecule has 6 nitrogen and oxygen atoms in total. The zero-order valence-corrected chi connectivity index (χ0v) is 16.8. The highest BCUT2D eigenvalue weighted by Crippen LogP contribution is 2.37. The van der Waals surface area contributed by atoms with E-state index in [4.69, 9.17) is 4.74 Å². The predicted octanol–water partition coefficient (Wildman–Crippen LogP) is 2.88. The molecule has 3 rings (SSSR count). The van der Waals surface area contributed by atoms with Crippen molar-refractivity contribution in [1.29, 1.82) is 0 Å². The van der Waals surface area contributed by atoms with Crippen LogP contribution in [-0.4, -0.2) is 47.9 Å². The van der Waals surface area contributed by atoms with Crippen molar-refractivity contribution < 1.29 is 14.3 Å². The molecule has 1 aliphatic carbocycles. The second kappa shape index (κ2) is 7.70. The molecular weight excluding hydrogens is 454 g/mol. The zero-order chi connectivity index (χ0) is 18.0. The molecule has 1 saturated carbocycles. The molecule has 1 fully saturated rings. The molecule has 1 aromatic carbocycles. The number of nitrogens with zero attached hydrogens (tertiary/aromatic N) is 2. The lowest BCUT2D eigenvalue weighted by molar-refractivity contribution is -0.136. The molecular formula is C17H17Br2N3O3. The van der Waals surface area contributed by atoms with Gasteiger partial charge in [0.25, 0.3) is 5.91 Å². The van der Waals surface area contributed by atoms with E-state index in [1.165, 1.54) is 4.90 Å². The van der Waals surface area contributed by atoms with E-state index in [0.717, 1.165) is 22.7 Å². The molecule has 132 valence electrons. The fraction of sp³-hybridized carbons (Fsp3) is 0.353. The second-order valence-corrected chi connectivity index (χ2v) is 7.66. The Morgan fingerprint density at radius 2 is 2.12 bits per heavy atom. The molecule has 0 spiro atoms. The lowest BCUT2D eigenvalue weighted by Gasteiger charge is -2.18. The molecule has 8 heteroatoms. The largest absolute Gasteiger partial charge is 0.480 e. The fourth-order valence-corrected chi connectivity index (χ4v) is 3.72. The van der Waals surface area contributed by atoms with Gasteiger partial charge in [0, 0.05) is 29.1 Å². The van der Waals surface area contributed by atoms with Gasteiger partial charge in [-0.25, -0.2) is 0 Å². The first-order valence-corrected chi connectivity index (χ1v) is 9.43. The number of likely N-dealkylation sites (N-methyl/N-ethyl adjacent to an activating group) is 1. The van der Waals surface area contributed by atoms with Crippen LogP contribution in [0.4, 0.5) is 0 Å². The van der Waals surface area contributed by atoms with Crippen LogP contribution >= 0.6 is 31.9 Å². The highest BCUT2D eigenvalue weighted by atomic mass is 79.9. The Bertz CT molecular complexity index is 824. The summed E-state index contributed by atoms with van der Waals surface area (Å²) >= 11 is 6.94. The fourth-order valence-electron chi connectivity index (χ4n) is 2.33. The molecule has 0 unspecified atom stereocenters. The van der Waals surface area contributed by atoms with E-state index in [2.05, 4.69) is 42.2 Å². The Labute approximate surface area is 162 Å². The van der Waals surface area contributed by atoms with E-state index in [-0.39, 0.29) is 31.0 Å². The molecule has 1 N–H and O–H groups in total. The van der Waals surface area contributed by atoms with Gasteiger partial charge in [-0.1, -0.05) is 22.0 Å². The predicted molar refractivity (Wildman–Crippen MR) is 101 cm³/mol. The number of halogens is 2. The summed E-state index contributed by atoms with van der Waals surface area (Å²) < 4.78 is 7.30. The number of carbonyl (C=O) groups is 2. The Hall–Kier alpha value is -1.67. The van der Waals surface area contributed by atoms with Crippen LogP contribution in [0.5, 0.6) is 5.75 Å². The minimum absolute atomic E-state index is 0.0270. The summed E-state index contributed by atoms with van der Waals surface area (Å²) in [6.07, 6.45) is 3.71. The van der Waals surface area contributed by atoms with Crippen molar-refractivity contribution in [3.05, 3.63) is 33.3 Å². The molecule has 2 amide bonds. The standard InChI is InChI=1S/C17H17Br2N3O3/c1-22(8-14(23)21-10-4-5-10)15(24)9-25-17-13(19)7-12(18)11-3-2-6-20-16(11)17/h2-3,6-7,10H,4-5,8-9H2,1H3,(H,21,23). The van der Waals surface area contributed by atoms with Gasteiger partial charge in [-0.3, -0.25) is 14.6 Å². The Morgan fingerprint density at radius 3 is 2.84 bits per heavy atom. The quantitative estimate of drug-likeness (QED) is 0.704. The number of aromatic nitrogens is 1. The van der Waals surface area contributed by atoms with Crippen molar-refractivity contribution in [3.63, 3.8) is 0 Å². The number of benzene rings is 1. The number of ether oxygens (including phenoxy) is 1. The minimum atomic E-state index is -0.273. The van der Waals surface area contributed by atoms with Gasteiger partial charge in [0.2, 0.25) is 5.91 Å². The number of carbonyl (C=O) groups excluding carboxylic acids is 2. The van der Waals surface area contributed by atoms with Crippen LogP contribution < -0.4 is 10.1 Å². The number of nitrogens with one attached hydrogen (secondary N) is 1. The molecule has 0 atom stereocenters. The van der Waals surface area contributed by atoms with E-state index in [9.17, 15) is 9.59 Å². The highest BCUT2D eigenvalue weighted by molar-refractivity contribution is 9.11. The van der Waals surface area contributed by atoms with Crippen molar-refractivity contribution in [2.24, 2.45) is 0 Å². The summed E-state index contributed by atoms with van der Waals surface area (Å²) in [5, 5.41) is 3.75. The summed E-state index contributed by atoms with van der Waals surface area (Å²) in [5.74, 6) is 0.0862. The number of hydrogen-bond acceptors (Lipinski definition) is 4. The maximum atomic E-state index is 12.2. The summed E-state index contributed by atoms with van der Waals surface area (Å²) in [4.78, 5) is 29.7. The van der Waals surface area contributed by atoms with Crippen LogP contribution in [0.2, 0.25) is 0 Å². The van der Waals surface area contributed by atoms with E-state index >= 15 is 0 Å². The van der Waals surface area contributed by atoms with Crippen molar-refractivity contribution in [1.82, 2.24) is 15.2 Å². The average Bonchev–Trinajstić information content (AvgIpc) is 3.38. The molecule has 0 saturated heterocycles.